The molecule has 0 aliphatic carbocycles. The van der Waals surface area contributed by atoms with Gasteiger partial charge in [-0.3, -0.25) is 0 Å². The lowest BCUT2D eigenvalue weighted by Crippen LogP contribution is -2.51. The molecule has 1 saturated heterocycles. The van der Waals surface area contributed by atoms with Crippen molar-refractivity contribution in [3.63, 3.8) is 0 Å². The minimum absolute atomic E-state index is 0.0280. The molecule has 0 saturated carbocycles. The Morgan fingerprint density at radius 2 is 2.21 bits per heavy atom. The van der Waals surface area contributed by atoms with Crippen LogP contribution in [0.25, 0.3) is 0 Å². The maximum absolute atomic E-state index is 11.7. The lowest BCUT2D eigenvalue weighted by Gasteiger charge is -2.22. The van der Waals surface area contributed by atoms with Crippen LogP contribution in [-0.4, -0.2) is 53.9 Å². The summed E-state index contributed by atoms with van der Waals surface area (Å²) in [5, 5.41) is 14.2. The topological polar surface area (TPSA) is 87.7 Å². The Kier molecular flexibility index (Phi) is 7.01. The molecule has 0 aromatic rings. The molecule has 1 heterocycles. The molecule has 1 aliphatic heterocycles. The summed E-state index contributed by atoms with van der Waals surface area (Å²) in [5.74, 6) is -0.313. The zero-order chi connectivity index (χ0) is 14.3. The van der Waals surface area contributed by atoms with E-state index in [0.29, 0.717) is 12.2 Å². The van der Waals surface area contributed by atoms with Gasteiger partial charge in [0.25, 0.3) is 0 Å². The first kappa shape index (κ1) is 16.1. The number of hydrogen-bond acceptors (Lipinski definition) is 4. The number of hydrogen-bond donors (Lipinski definition) is 3. The predicted molar refractivity (Wildman–Crippen MR) is 74.5 cm³/mol. The zero-order valence-corrected chi connectivity index (χ0v) is 12.2. The molecule has 19 heavy (non-hydrogen) atoms. The fourth-order valence-corrected chi connectivity index (χ4v) is 2.46. The van der Waals surface area contributed by atoms with Gasteiger partial charge < -0.3 is 20.5 Å². The Hall–Kier alpha value is -0.950. The summed E-state index contributed by atoms with van der Waals surface area (Å²) in [6.45, 7) is 2.59. The molecule has 1 rings (SSSR count). The van der Waals surface area contributed by atoms with Gasteiger partial charge in [-0.2, -0.15) is 11.8 Å². The van der Waals surface area contributed by atoms with E-state index in [9.17, 15) is 9.59 Å². The highest BCUT2D eigenvalue weighted by molar-refractivity contribution is 7.98. The van der Waals surface area contributed by atoms with Crippen molar-refractivity contribution >= 4 is 23.8 Å². The van der Waals surface area contributed by atoms with Crippen molar-refractivity contribution in [3.8, 4) is 0 Å². The third-order valence-corrected chi connectivity index (χ3v) is 3.74. The number of ether oxygens (including phenoxy) is 1. The highest BCUT2D eigenvalue weighted by atomic mass is 32.2. The SMILES string of the molecule is CSCCC(NC(=O)NC(C)C1CCCO1)C(=O)O. The number of thioether (sulfide) groups is 1. The van der Waals surface area contributed by atoms with Crippen LogP contribution in [0.15, 0.2) is 0 Å². The molecule has 3 atom stereocenters. The fraction of sp³-hybridized carbons (Fsp3) is 0.833. The Labute approximate surface area is 117 Å². The van der Waals surface area contributed by atoms with E-state index in [1.165, 1.54) is 0 Å². The zero-order valence-electron chi connectivity index (χ0n) is 11.3. The van der Waals surface area contributed by atoms with Crippen LogP contribution in [0.1, 0.15) is 26.2 Å². The third-order valence-electron chi connectivity index (χ3n) is 3.10. The van der Waals surface area contributed by atoms with Crippen molar-refractivity contribution in [1.29, 1.82) is 0 Å². The van der Waals surface area contributed by atoms with Crippen LogP contribution in [0.3, 0.4) is 0 Å². The van der Waals surface area contributed by atoms with Crippen molar-refractivity contribution < 1.29 is 19.4 Å². The molecular weight excluding hydrogens is 268 g/mol. The molecular formula is C12H22N2O4S. The van der Waals surface area contributed by atoms with Crippen LogP contribution in [-0.2, 0) is 9.53 Å². The molecule has 2 amide bonds. The van der Waals surface area contributed by atoms with Gasteiger partial charge in [-0.15, -0.1) is 0 Å². The first-order valence-corrected chi connectivity index (χ1v) is 7.84. The summed E-state index contributed by atoms with van der Waals surface area (Å²) < 4.78 is 5.47. The molecule has 0 aromatic heterocycles. The second-order valence-electron chi connectivity index (χ2n) is 4.63. The average molecular weight is 290 g/mol. The van der Waals surface area contributed by atoms with E-state index in [2.05, 4.69) is 10.6 Å². The van der Waals surface area contributed by atoms with Crippen molar-refractivity contribution in [2.75, 3.05) is 18.6 Å². The highest BCUT2D eigenvalue weighted by Gasteiger charge is 2.25. The van der Waals surface area contributed by atoms with Gasteiger partial charge in [0, 0.05) is 6.61 Å². The smallest absolute Gasteiger partial charge is 0.326 e. The number of nitrogens with one attached hydrogen (secondary N) is 2. The second kappa shape index (κ2) is 8.27. The number of rotatable bonds is 7. The number of urea groups is 1. The van der Waals surface area contributed by atoms with Crippen molar-refractivity contribution in [1.82, 2.24) is 10.6 Å². The summed E-state index contributed by atoms with van der Waals surface area (Å²) in [7, 11) is 0. The molecule has 7 heteroatoms. The van der Waals surface area contributed by atoms with Crippen LogP contribution >= 0.6 is 11.8 Å². The van der Waals surface area contributed by atoms with Crippen LogP contribution in [0.2, 0.25) is 0 Å². The van der Waals surface area contributed by atoms with Crippen LogP contribution < -0.4 is 10.6 Å². The summed E-state index contributed by atoms with van der Waals surface area (Å²) >= 11 is 1.55. The van der Waals surface area contributed by atoms with E-state index in [0.717, 1.165) is 19.4 Å². The summed E-state index contributed by atoms with van der Waals surface area (Å²) in [5.41, 5.74) is 0. The number of carboxylic acids is 1. The van der Waals surface area contributed by atoms with E-state index in [1.54, 1.807) is 11.8 Å². The first-order valence-electron chi connectivity index (χ1n) is 6.45. The molecule has 6 nitrogen and oxygen atoms in total. The molecule has 3 unspecified atom stereocenters. The molecule has 0 aromatic carbocycles. The first-order chi connectivity index (χ1) is 9.04. The number of aliphatic carboxylic acids is 1. The van der Waals surface area contributed by atoms with Gasteiger partial charge in [0.15, 0.2) is 0 Å². The van der Waals surface area contributed by atoms with E-state index >= 15 is 0 Å². The second-order valence-corrected chi connectivity index (χ2v) is 5.62. The van der Waals surface area contributed by atoms with E-state index in [4.69, 9.17) is 9.84 Å². The number of amides is 2. The van der Waals surface area contributed by atoms with Crippen LogP contribution in [0.4, 0.5) is 4.79 Å². The highest BCUT2D eigenvalue weighted by Crippen LogP contribution is 2.15. The van der Waals surface area contributed by atoms with E-state index < -0.39 is 18.0 Å². The van der Waals surface area contributed by atoms with E-state index in [1.807, 2.05) is 13.2 Å². The van der Waals surface area contributed by atoms with Gasteiger partial charge in [-0.1, -0.05) is 0 Å². The summed E-state index contributed by atoms with van der Waals surface area (Å²) in [6, 6.07) is -1.40. The third kappa shape index (κ3) is 5.69. The van der Waals surface area contributed by atoms with Crippen LogP contribution in [0.5, 0.6) is 0 Å². The van der Waals surface area contributed by atoms with Gasteiger partial charge in [0.2, 0.25) is 0 Å². The predicted octanol–water partition coefficient (Wildman–Crippen LogP) is 1.06. The minimum Gasteiger partial charge on any atom is -0.480 e. The molecule has 0 spiro atoms. The normalized spacial score (nSPS) is 21.7. The maximum atomic E-state index is 11.7. The molecule has 3 N–H and O–H groups in total. The van der Waals surface area contributed by atoms with Gasteiger partial charge in [-0.05, 0) is 38.2 Å². The number of carbonyl (C=O) groups is 2. The fourth-order valence-electron chi connectivity index (χ4n) is 1.99. The Morgan fingerprint density at radius 1 is 1.47 bits per heavy atom. The van der Waals surface area contributed by atoms with Crippen molar-refractivity contribution in [3.05, 3.63) is 0 Å². The largest absolute Gasteiger partial charge is 0.480 e. The molecule has 110 valence electrons. The molecule has 0 bridgehead atoms. The standard InChI is InChI=1S/C12H22N2O4S/c1-8(10-4-3-6-18-10)13-12(17)14-9(11(15)16)5-7-19-2/h8-10H,3-7H2,1-2H3,(H,15,16)(H2,13,14,17). The van der Waals surface area contributed by atoms with Crippen molar-refractivity contribution in [2.45, 2.75) is 44.4 Å². The number of carbonyl (C=O) groups excluding carboxylic acids is 1. The molecule has 1 fully saturated rings. The van der Waals surface area contributed by atoms with E-state index in [-0.39, 0.29) is 12.1 Å². The quantitative estimate of drug-likeness (QED) is 0.652. The van der Waals surface area contributed by atoms with Crippen LogP contribution in [0, 0.1) is 0 Å². The van der Waals surface area contributed by atoms with Gasteiger partial charge in [0.1, 0.15) is 6.04 Å². The average Bonchev–Trinajstić information content (AvgIpc) is 2.87. The Bertz CT molecular complexity index is 308. The maximum Gasteiger partial charge on any atom is 0.326 e. The summed E-state index contributed by atoms with van der Waals surface area (Å²) in [4.78, 5) is 22.7. The summed E-state index contributed by atoms with van der Waals surface area (Å²) in [6.07, 6.45) is 4.27. The minimum atomic E-state index is -1.01. The van der Waals surface area contributed by atoms with Gasteiger partial charge in [-0.25, -0.2) is 9.59 Å². The Balaban J connectivity index is 2.36. The Morgan fingerprint density at radius 3 is 2.74 bits per heavy atom. The lowest BCUT2D eigenvalue weighted by molar-refractivity contribution is -0.139. The lowest BCUT2D eigenvalue weighted by atomic mass is 10.1. The monoisotopic (exact) mass is 290 g/mol. The van der Waals surface area contributed by atoms with Crippen molar-refractivity contribution in [2.24, 2.45) is 0 Å². The van der Waals surface area contributed by atoms with Gasteiger partial charge >= 0.3 is 12.0 Å². The molecule has 0 radical (unpaired) electrons. The van der Waals surface area contributed by atoms with Gasteiger partial charge in [0.05, 0.1) is 12.1 Å². The number of carboxylic acid groups (broad SMARTS) is 1. The molecule has 1 aliphatic rings.